The molecule has 2 aliphatic heterocycles. The number of carbonyl (C=O) groups is 2. The Balaban J connectivity index is 1.05. The second-order valence-corrected chi connectivity index (χ2v) is 12.8. The first kappa shape index (κ1) is 35.5. The second-order valence-electron chi connectivity index (χ2n) is 12.8. The van der Waals surface area contributed by atoms with Gasteiger partial charge in [-0.1, -0.05) is 18.9 Å². The number of aliphatic carboxylic acids is 1. The number of benzene rings is 1. The maximum absolute atomic E-state index is 14.8. The van der Waals surface area contributed by atoms with Crippen LogP contribution in [0, 0.1) is 17.7 Å². The molecule has 1 aromatic carbocycles. The van der Waals surface area contributed by atoms with Crippen molar-refractivity contribution < 1.29 is 38.8 Å². The predicted octanol–water partition coefficient (Wildman–Crippen LogP) is 3.99. The normalized spacial score (nSPS) is 17.0. The minimum atomic E-state index is -1.08. The van der Waals surface area contributed by atoms with Crippen LogP contribution in [0.3, 0.4) is 0 Å². The molecule has 1 amide bonds. The first-order valence-corrected chi connectivity index (χ1v) is 16.5. The SMILES string of the molecule is COCc1cnc(N2CCC(CCCOc3ccc(CC(=O)N4CC(CCCC[C@@H](O)C[C@@H](O)CC(=O)O)C4)c(F)c3)CC2)nc1. The average molecular weight is 645 g/mol. The summed E-state index contributed by atoms with van der Waals surface area (Å²) in [7, 11) is 1.65. The number of aromatic nitrogens is 2. The van der Waals surface area contributed by atoms with Crippen LogP contribution in [0.5, 0.6) is 5.75 Å². The summed E-state index contributed by atoms with van der Waals surface area (Å²) in [5.41, 5.74) is 1.32. The lowest BCUT2D eigenvalue weighted by Crippen LogP contribution is -2.50. The molecular formula is C34H49FN4O7. The van der Waals surface area contributed by atoms with Gasteiger partial charge in [0.15, 0.2) is 0 Å². The number of piperidine rings is 1. The van der Waals surface area contributed by atoms with Gasteiger partial charge < -0.3 is 34.6 Å². The van der Waals surface area contributed by atoms with Crippen molar-refractivity contribution in [1.29, 1.82) is 0 Å². The summed E-state index contributed by atoms with van der Waals surface area (Å²) in [6, 6.07) is 4.74. The number of aliphatic hydroxyl groups is 2. The molecule has 0 unspecified atom stereocenters. The Kier molecular flexibility index (Phi) is 14.0. The molecule has 2 saturated heterocycles. The van der Waals surface area contributed by atoms with Gasteiger partial charge in [-0.25, -0.2) is 14.4 Å². The van der Waals surface area contributed by atoms with Crippen molar-refractivity contribution in [3.63, 3.8) is 0 Å². The van der Waals surface area contributed by atoms with E-state index in [4.69, 9.17) is 14.6 Å². The molecule has 12 heteroatoms. The third-order valence-corrected chi connectivity index (χ3v) is 8.96. The van der Waals surface area contributed by atoms with E-state index in [1.165, 1.54) is 6.07 Å². The molecule has 0 radical (unpaired) electrons. The summed E-state index contributed by atoms with van der Waals surface area (Å²) in [5.74, 6) is 0.637. The number of carboxylic acid groups (broad SMARTS) is 1. The van der Waals surface area contributed by atoms with Crippen LogP contribution in [0.2, 0.25) is 0 Å². The molecule has 0 spiro atoms. The maximum atomic E-state index is 14.8. The minimum Gasteiger partial charge on any atom is -0.493 e. The second kappa shape index (κ2) is 18.1. The molecule has 2 fully saturated rings. The Labute approximate surface area is 270 Å². The highest BCUT2D eigenvalue weighted by atomic mass is 19.1. The van der Waals surface area contributed by atoms with Crippen molar-refractivity contribution in [2.24, 2.45) is 11.8 Å². The fourth-order valence-electron chi connectivity index (χ4n) is 6.26. The number of hydrogen-bond donors (Lipinski definition) is 3. The van der Waals surface area contributed by atoms with Crippen LogP contribution in [-0.2, 0) is 27.4 Å². The third kappa shape index (κ3) is 11.5. The smallest absolute Gasteiger partial charge is 0.305 e. The van der Waals surface area contributed by atoms with E-state index in [1.54, 1.807) is 24.1 Å². The third-order valence-electron chi connectivity index (χ3n) is 8.96. The number of methoxy groups -OCH3 is 1. The fourth-order valence-corrected chi connectivity index (χ4v) is 6.26. The van der Waals surface area contributed by atoms with E-state index in [9.17, 15) is 24.2 Å². The topological polar surface area (TPSA) is 146 Å². The van der Waals surface area contributed by atoms with Crippen molar-refractivity contribution in [2.75, 3.05) is 44.8 Å². The lowest BCUT2D eigenvalue weighted by molar-refractivity contribution is -0.139. The van der Waals surface area contributed by atoms with Crippen molar-refractivity contribution in [2.45, 2.75) is 89.4 Å². The van der Waals surface area contributed by atoms with E-state index in [-0.39, 0.29) is 25.2 Å². The molecular weight excluding hydrogens is 595 g/mol. The monoisotopic (exact) mass is 644 g/mol. The molecule has 2 aromatic rings. The average Bonchev–Trinajstić information content (AvgIpc) is 3.00. The van der Waals surface area contributed by atoms with Crippen molar-refractivity contribution in [1.82, 2.24) is 14.9 Å². The van der Waals surface area contributed by atoms with Crippen LogP contribution < -0.4 is 9.64 Å². The lowest BCUT2D eigenvalue weighted by Gasteiger charge is -2.39. The lowest BCUT2D eigenvalue weighted by atomic mass is 9.92. The van der Waals surface area contributed by atoms with E-state index < -0.39 is 24.0 Å². The van der Waals surface area contributed by atoms with Gasteiger partial charge in [-0.05, 0) is 68.4 Å². The number of unbranched alkanes of at least 4 members (excludes halogenated alkanes) is 1. The van der Waals surface area contributed by atoms with E-state index in [0.717, 1.165) is 69.5 Å². The van der Waals surface area contributed by atoms with Gasteiger partial charge in [-0.15, -0.1) is 0 Å². The van der Waals surface area contributed by atoms with Gasteiger partial charge >= 0.3 is 5.97 Å². The summed E-state index contributed by atoms with van der Waals surface area (Å²) in [4.78, 5) is 36.2. The molecule has 46 heavy (non-hydrogen) atoms. The molecule has 2 aliphatic rings. The quantitative estimate of drug-likeness (QED) is 0.192. The van der Waals surface area contributed by atoms with Crippen LogP contribution in [0.15, 0.2) is 30.6 Å². The van der Waals surface area contributed by atoms with Gasteiger partial charge in [0.25, 0.3) is 0 Å². The van der Waals surface area contributed by atoms with Crippen LogP contribution in [0.4, 0.5) is 10.3 Å². The van der Waals surface area contributed by atoms with Crippen LogP contribution >= 0.6 is 0 Å². The molecule has 254 valence electrons. The van der Waals surface area contributed by atoms with Gasteiger partial charge in [0.05, 0.1) is 38.3 Å². The van der Waals surface area contributed by atoms with E-state index >= 15 is 0 Å². The summed E-state index contributed by atoms with van der Waals surface area (Å²) in [6.45, 7) is 4.17. The molecule has 0 aliphatic carbocycles. The highest BCUT2D eigenvalue weighted by Gasteiger charge is 2.30. The van der Waals surface area contributed by atoms with Gasteiger partial charge in [-0.3, -0.25) is 9.59 Å². The van der Waals surface area contributed by atoms with E-state index in [2.05, 4.69) is 14.9 Å². The molecule has 2 atom stereocenters. The van der Waals surface area contributed by atoms with Gasteiger partial charge in [0.2, 0.25) is 11.9 Å². The first-order valence-electron chi connectivity index (χ1n) is 16.5. The molecule has 3 heterocycles. The Morgan fingerprint density at radius 2 is 1.74 bits per heavy atom. The number of carbonyl (C=O) groups excluding carboxylic acids is 1. The van der Waals surface area contributed by atoms with Crippen molar-refractivity contribution >= 4 is 17.8 Å². The Bertz CT molecular complexity index is 1240. The Morgan fingerprint density at radius 1 is 1.02 bits per heavy atom. The number of likely N-dealkylation sites (tertiary alicyclic amines) is 1. The van der Waals surface area contributed by atoms with E-state index in [0.29, 0.717) is 55.9 Å². The maximum Gasteiger partial charge on any atom is 0.305 e. The molecule has 4 rings (SSSR count). The van der Waals surface area contributed by atoms with E-state index in [1.807, 2.05) is 12.4 Å². The van der Waals surface area contributed by atoms with Crippen molar-refractivity contribution in [3.8, 4) is 5.75 Å². The summed E-state index contributed by atoms with van der Waals surface area (Å²) in [6.07, 6.45) is 8.76. The number of ether oxygens (including phenoxy) is 2. The molecule has 3 N–H and O–H groups in total. The van der Waals surface area contributed by atoms with Crippen LogP contribution in [0.1, 0.15) is 75.3 Å². The van der Waals surface area contributed by atoms with Gasteiger partial charge in [0, 0.05) is 57.3 Å². The largest absolute Gasteiger partial charge is 0.493 e. The zero-order chi connectivity index (χ0) is 32.9. The fraction of sp³-hybridized carbons (Fsp3) is 0.647. The minimum absolute atomic E-state index is 0.0186. The Morgan fingerprint density at radius 3 is 2.41 bits per heavy atom. The number of carboxylic acids is 1. The molecule has 0 saturated carbocycles. The molecule has 1 aromatic heterocycles. The van der Waals surface area contributed by atoms with Crippen LogP contribution in [-0.4, -0.2) is 94.2 Å². The zero-order valence-corrected chi connectivity index (χ0v) is 26.9. The number of anilines is 1. The number of hydrogen-bond acceptors (Lipinski definition) is 9. The van der Waals surface area contributed by atoms with Crippen LogP contribution in [0.25, 0.3) is 0 Å². The zero-order valence-electron chi connectivity index (χ0n) is 26.9. The first-order chi connectivity index (χ1) is 22.2. The number of amides is 1. The van der Waals surface area contributed by atoms with Gasteiger partial charge in [0.1, 0.15) is 11.6 Å². The molecule has 11 nitrogen and oxygen atoms in total. The number of halogens is 1. The highest BCUT2D eigenvalue weighted by molar-refractivity contribution is 5.79. The summed E-state index contributed by atoms with van der Waals surface area (Å²) < 4.78 is 25.7. The Hall–Kier alpha value is -3.35. The summed E-state index contributed by atoms with van der Waals surface area (Å²) >= 11 is 0. The standard InChI is InChI=1S/C34H49FN4O7/c1-45-23-26-19-36-34(37-20-26)38-12-10-24(11-13-38)6-4-14-46-30-9-8-27(31(35)18-30)15-32(42)39-21-25(22-39)5-2-3-7-28(40)16-29(41)17-33(43)44/h8-9,18-20,24-25,28-29,40-41H,2-7,10-17,21-23H2,1H3,(H,43,44)/t28-,29-/m1/s1. The number of nitrogens with zero attached hydrogens (tertiary/aromatic N) is 4. The van der Waals surface area contributed by atoms with Gasteiger partial charge in [-0.2, -0.15) is 0 Å². The number of rotatable bonds is 19. The summed E-state index contributed by atoms with van der Waals surface area (Å²) in [5, 5.41) is 28.3. The number of aliphatic hydroxyl groups excluding tert-OH is 2. The highest BCUT2D eigenvalue weighted by Crippen LogP contribution is 2.26. The molecule has 0 bridgehead atoms. The predicted molar refractivity (Wildman–Crippen MR) is 170 cm³/mol. The van der Waals surface area contributed by atoms with Crippen molar-refractivity contribution in [3.05, 3.63) is 47.5 Å².